The Bertz CT molecular complexity index is 2350. The molecule has 51 heavy (non-hydrogen) atoms. The fraction of sp³-hybridized carbons (Fsp3) is 0.316. The summed E-state index contributed by atoms with van der Waals surface area (Å²) in [5.74, 6) is -0.915. The van der Waals surface area contributed by atoms with E-state index in [1.54, 1.807) is 47.0 Å². The highest BCUT2D eigenvalue weighted by Crippen LogP contribution is 2.31. The summed E-state index contributed by atoms with van der Waals surface area (Å²) < 4.78 is 32.5. The second kappa shape index (κ2) is 14.2. The van der Waals surface area contributed by atoms with Gasteiger partial charge in [0.25, 0.3) is 5.56 Å². The molecule has 3 N–H and O–H groups in total. The predicted molar refractivity (Wildman–Crippen MR) is 190 cm³/mol. The number of aromatic hydroxyl groups is 1. The number of benzene rings is 2. The van der Waals surface area contributed by atoms with E-state index >= 15 is 0 Å². The normalized spacial score (nSPS) is 17.1. The van der Waals surface area contributed by atoms with Crippen LogP contribution in [0.15, 0.2) is 88.8 Å². The van der Waals surface area contributed by atoms with Crippen LogP contribution in [0.5, 0.6) is 5.75 Å². The Balaban J connectivity index is 1.19. The number of nitrogens with zero attached hydrogens (tertiary/aromatic N) is 6. The van der Waals surface area contributed by atoms with Crippen molar-refractivity contribution in [2.45, 2.75) is 63.8 Å². The lowest BCUT2D eigenvalue weighted by Gasteiger charge is -2.30. The zero-order valence-corrected chi connectivity index (χ0v) is 28.3. The molecular weight excluding hydrogens is 656 g/mol. The number of aromatic nitrogens is 5. The van der Waals surface area contributed by atoms with Gasteiger partial charge in [0.2, 0.25) is 0 Å². The van der Waals surface area contributed by atoms with Crippen molar-refractivity contribution in [3.8, 4) is 22.6 Å². The molecule has 11 nitrogen and oxygen atoms in total. The first-order valence-corrected chi connectivity index (χ1v) is 17.0. The minimum absolute atomic E-state index is 0.00785. The van der Waals surface area contributed by atoms with E-state index in [-0.39, 0.29) is 41.3 Å². The molecule has 7 rings (SSSR count). The number of halogens is 2. The van der Waals surface area contributed by atoms with Gasteiger partial charge in [0.1, 0.15) is 23.0 Å². The molecule has 1 saturated carbocycles. The highest BCUT2D eigenvalue weighted by atomic mass is 19.1. The third kappa shape index (κ3) is 6.92. The third-order valence-electron chi connectivity index (χ3n) is 9.93. The Labute approximate surface area is 292 Å². The smallest absolute Gasteiger partial charge is 0.337 e. The van der Waals surface area contributed by atoms with Gasteiger partial charge in [-0.15, -0.1) is 0 Å². The maximum absolute atomic E-state index is 14.6. The Hall–Kier alpha value is -5.24. The van der Waals surface area contributed by atoms with E-state index in [2.05, 4.69) is 15.3 Å². The number of aliphatic hydroxyl groups is 1. The highest BCUT2D eigenvalue weighted by Gasteiger charge is 2.27. The summed E-state index contributed by atoms with van der Waals surface area (Å²) in [6, 6.07) is 16.1. The van der Waals surface area contributed by atoms with Gasteiger partial charge in [-0.05, 0) is 98.8 Å². The van der Waals surface area contributed by atoms with Gasteiger partial charge in [0, 0.05) is 43.6 Å². The number of nitrogens with one attached hydrogen (secondary N) is 1. The van der Waals surface area contributed by atoms with Crippen molar-refractivity contribution >= 4 is 16.7 Å². The van der Waals surface area contributed by atoms with Gasteiger partial charge < -0.3 is 19.9 Å². The molecule has 13 heteroatoms. The van der Waals surface area contributed by atoms with Crippen molar-refractivity contribution in [2.24, 2.45) is 0 Å². The van der Waals surface area contributed by atoms with Gasteiger partial charge in [-0.2, -0.15) is 0 Å². The van der Waals surface area contributed by atoms with Crippen molar-refractivity contribution in [1.29, 1.82) is 0 Å². The van der Waals surface area contributed by atoms with E-state index in [9.17, 15) is 28.6 Å². The monoisotopic (exact) mass is 695 g/mol. The fourth-order valence-electron chi connectivity index (χ4n) is 7.00. The Morgan fingerprint density at radius 1 is 1.00 bits per heavy atom. The van der Waals surface area contributed by atoms with Crippen LogP contribution < -0.4 is 16.6 Å². The fourth-order valence-corrected chi connectivity index (χ4v) is 7.00. The molecule has 0 spiro atoms. The van der Waals surface area contributed by atoms with Gasteiger partial charge in [0.05, 0.1) is 29.6 Å². The molecule has 1 fully saturated rings. The van der Waals surface area contributed by atoms with Crippen LogP contribution in [0.4, 0.5) is 8.78 Å². The summed E-state index contributed by atoms with van der Waals surface area (Å²) in [6.45, 7) is 2.81. The summed E-state index contributed by atoms with van der Waals surface area (Å²) in [7, 11) is 1.89. The molecule has 0 bridgehead atoms. The quantitative estimate of drug-likeness (QED) is 0.184. The molecular formula is C38H39F2N7O4. The Morgan fingerprint density at radius 3 is 2.59 bits per heavy atom. The molecule has 264 valence electrons. The second-order valence-electron chi connectivity index (χ2n) is 13.4. The van der Waals surface area contributed by atoms with E-state index in [4.69, 9.17) is 0 Å². The SMILES string of the molecule is C[C@@H](CO)N(C)Cc1cc(O)ccc1-c1cccc(-n2c(=O)n([C@H]3CC[C@@H](NCc4cn5cc(F)ccc5n4)CC3)c(=O)c3cc(F)cnc32)c1. The van der Waals surface area contributed by atoms with Gasteiger partial charge in [-0.25, -0.2) is 28.1 Å². The minimum atomic E-state index is -0.678. The second-order valence-corrected chi connectivity index (χ2v) is 13.4. The van der Waals surface area contributed by atoms with Crippen molar-refractivity contribution in [1.82, 2.24) is 33.7 Å². The number of rotatable bonds is 10. The zero-order chi connectivity index (χ0) is 35.8. The summed E-state index contributed by atoms with van der Waals surface area (Å²) >= 11 is 0. The summed E-state index contributed by atoms with van der Waals surface area (Å²) in [4.78, 5) is 39.0. The molecule has 4 aromatic heterocycles. The van der Waals surface area contributed by atoms with Crippen molar-refractivity contribution < 1.29 is 19.0 Å². The maximum Gasteiger partial charge on any atom is 0.337 e. The largest absolute Gasteiger partial charge is 0.508 e. The molecule has 1 aliphatic rings. The van der Waals surface area contributed by atoms with Crippen molar-refractivity contribution in [2.75, 3.05) is 13.7 Å². The molecule has 0 saturated heterocycles. The molecule has 0 amide bonds. The average molecular weight is 696 g/mol. The molecule has 0 radical (unpaired) electrons. The number of phenols is 1. The first kappa shape index (κ1) is 34.2. The Morgan fingerprint density at radius 2 is 1.80 bits per heavy atom. The topological polar surface area (TPSA) is 130 Å². The molecule has 4 heterocycles. The van der Waals surface area contributed by atoms with Crippen LogP contribution in [0.1, 0.15) is 49.9 Å². The van der Waals surface area contributed by atoms with Crippen molar-refractivity contribution in [3.63, 3.8) is 0 Å². The number of aliphatic hydroxyl groups excluding tert-OH is 1. The molecule has 1 aliphatic carbocycles. The lowest BCUT2D eigenvalue weighted by molar-refractivity contribution is 0.154. The number of imidazole rings is 1. The predicted octanol–water partition coefficient (Wildman–Crippen LogP) is 4.93. The summed E-state index contributed by atoms with van der Waals surface area (Å²) in [6.07, 6.45) is 6.66. The Kier molecular flexibility index (Phi) is 9.51. The molecule has 0 aliphatic heterocycles. The van der Waals surface area contributed by atoms with Crippen LogP contribution >= 0.6 is 0 Å². The number of hydrogen-bond acceptors (Lipinski definition) is 8. The van der Waals surface area contributed by atoms with E-state index in [0.29, 0.717) is 50.1 Å². The summed E-state index contributed by atoms with van der Waals surface area (Å²) in [5.41, 5.74) is 3.21. The van der Waals surface area contributed by atoms with E-state index < -0.39 is 23.1 Å². The molecule has 0 unspecified atom stereocenters. The van der Waals surface area contributed by atoms with E-state index in [0.717, 1.165) is 34.6 Å². The van der Waals surface area contributed by atoms with E-state index in [1.165, 1.54) is 21.4 Å². The number of pyridine rings is 2. The van der Waals surface area contributed by atoms with Gasteiger partial charge in [-0.1, -0.05) is 18.2 Å². The number of phenolic OH excluding ortho intramolecular Hbond substituents is 1. The highest BCUT2D eigenvalue weighted by molar-refractivity contribution is 5.77. The van der Waals surface area contributed by atoms with Crippen LogP contribution in [-0.4, -0.2) is 64.4 Å². The standard InChI is InChI=1S/C38H39F2N7O4/c1-23(22-48)44(2)19-25-15-32(49)11-12-33(25)24-4-3-5-31(14-24)46-36-34(16-27(40)17-42-36)37(50)47(38(46)51)30-9-7-28(8-10-30)41-18-29-21-45-20-26(39)6-13-35(45)43-29/h3-6,11-17,20-21,23,28,30,41,48-49H,7-10,18-19,22H2,1-2H3/t23-,28-,30+/m0/s1. The molecule has 1 atom stereocenters. The lowest BCUT2D eigenvalue weighted by atomic mass is 9.91. The number of hydrogen-bond donors (Lipinski definition) is 3. The first-order chi connectivity index (χ1) is 24.6. The molecule has 6 aromatic rings. The van der Waals surface area contributed by atoms with Crippen LogP contribution in [-0.2, 0) is 13.1 Å². The zero-order valence-electron chi connectivity index (χ0n) is 28.3. The van der Waals surface area contributed by atoms with Crippen LogP contribution in [0.2, 0.25) is 0 Å². The lowest BCUT2D eigenvalue weighted by Crippen LogP contribution is -2.44. The maximum atomic E-state index is 14.6. The van der Waals surface area contributed by atoms with Gasteiger partial charge >= 0.3 is 5.69 Å². The van der Waals surface area contributed by atoms with Gasteiger partial charge in [0.15, 0.2) is 5.65 Å². The van der Waals surface area contributed by atoms with Crippen molar-refractivity contribution in [3.05, 3.63) is 123 Å². The average Bonchev–Trinajstić information content (AvgIpc) is 3.53. The number of likely N-dealkylation sites (N-methyl/N-ethyl adjacent to an activating group) is 1. The van der Waals surface area contributed by atoms with E-state index in [1.807, 2.05) is 31.0 Å². The third-order valence-corrected chi connectivity index (χ3v) is 9.93. The van der Waals surface area contributed by atoms with Crippen LogP contribution in [0, 0.1) is 11.6 Å². The minimum Gasteiger partial charge on any atom is -0.508 e. The van der Waals surface area contributed by atoms with Crippen LogP contribution in [0.3, 0.4) is 0 Å². The number of fused-ring (bicyclic) bond motifs is 2. The summed E-state index contributed by atoms with van der Waals surface area (Å²) in [5, 5.41) is 23.5. The molecule has 2 aromatic carbocycles. The van der Waals surface area contributed by atoms with Gasteiger partial charge in [-0.3, -0.25) is 14.3 Å². The van der Waals surface area contributed by atoms with Crippen LogP contribution in [0.25, 0.3) is 33.5 Å². The first-order valence-electron chi connectivity index (χ1n) is 17.0.